The molecule has 5 nitrogen and oxygen atoms in total. The van der Waals surface area contributed by atoms with Crippen molar-refractivity contribution in [3.8, 4) is 5.75 Å². The van der Waals surface area contributed by atoms with Crippen molar-refractivity contribution in [3.05, 3.63) is 59.7 Å². The Balaban J connectivity index is 1.62. The lowest BCUT2D eigenvalue weighted by molar-refractivity contribution is -0.117. The van der Waals surface area contributed by atoms with Crippen LogP contribution in [0.1, 0.15) is 17.0 Å². The third-order valence-corrected chi connectivity index (χ3v) is 4.66. The molecule has 3 N–H and O–H groups in total. The zero-order valence-corrected chi connectivity index (χ0v) is 14.7. The topological polar surface area (TPSA) is 67.6 Å². The minimum absolute atomic E-state index is 0.0451. The van der Waals surface area contributed by atoms with Crippen LogP contribution in [0.25, 0.3) is 0 Å². The average molecular weight is 339 g/mol. The van der Waals surface area contributed by atoms with Gasteiger partial charge < -0.3 is 15.8 Å². The first kappa shape index (κ1) is 17.5. The van der Waals surface area contributed by atoms with Crippen molar-refractivity contribution in [2.75, 3.05) is 32.1 Å². The quantitative estimate of drug-likeness (QED) is 0.878. The molecule has 3 rings (SSSR count). The molecule has 5 heteroatoms. The molecule has 1 heterocycles. The predicted octanol–water partition coefficient (Wildman–Crippen LogP) is 2.37. The summed E-state index contributed by atoms with van der Waals surface area (Å²) in [6, 6.07) is 16.0. The number of ether oxygens (including phenoxy) is 1. The van der Waals surface area contributed by atoms with Gasteiger partial charge in [-0.3, -0.25) is 9.69 Å². The van der Waals surface area contributed by atoms with Gasteiger partial charge in [-0.15, -0.1) is 0 Å². The lowest BCUT2D eigenvalue weighted by Gasteiger charge is -2.17. The van der Waals surface area contributed by atoms with Gasteiger partial charge in [0, 0.05) is 25.0 Å². The van der Waals surface area contributed by atoms with Gasteiger partial charge in [0.25, 0.3) is 0 Å². The molecule has 1 fully saturated rings. The van der Waals surface area contributed by atoms with E-state index in [0.717, 1.165) is 18.7 Å². The van der Waals surface area contributed by atoms with Crippen LogP contribution in [-0.4, -0.2) is 43.6 Å². The van der Waals surface area contributed by atoms with Gasteiger partial charge in [-0.2, -0.15) is 0 Å². The van der Waals surface area contributed by atoms with Crippen LogP contribution in [0, 0.1) is 6.92 Å². The van der Waals surface area contributed by atoms with Gasteiger partial charge in [-0.05, 0) is 30.2 Å². The summed E-state index contributed by atoms with van der Waals surface area (Å²) in [5.41, 5.74) is 9.31. The van der Waals surface area contributed by atoms with Crippen molar-refractivity contribution < 1.29 is 9.53 Å². The SMILES string of the molecule is COc1ccc(C)cc1NC(=O)CN1C[C@@H](N)[C@H](c2ccccc2)C1. The van der Waals surface area contributed by atoms with Crippen LogP contribution >= 0.6 is 0 Å². The molecule has 0 radical (unpaired) electrons. The van der Waals surface area contributed by atoms with E-state index < -0.39 is 0 Å². The van der Waals surface area contributed by atoms with Crippen molar-refractivity contribution in [2.45, 2.75) is 18.9 Å². The minimum Gasteiger partial charge on any atom is -0.495 e. The molecule has 1 saturated heterocycles. The second kappa shape index (κ2) is 7.68. The van der Waals surface area contributed by atoms with Crippen LogP contribution in [0.5, 0.6) is 5.75 Å². The summed E-state index contributed by atoms with van der Waals surface area (Å²) < 4.78 is 5.31. The number of methoxy groups -OCH3 is 1. The molecular formula is C20H25N3O2. The lowest BCUT2D eigenvalue weighted by Crippen LogP contribution is -2.33. The molecule has 0 spiro atoms. The first-order valence-electron chi connectivity index (χ1n) is 8.54. The van der Waals surface area contributed by atoms with E-state index in [1.807, 2.05) is 43.3 Å². The highest BCUT2D eigenvalue weighted by Crippen LogP contribution is 2.27. The Bertz CT molecular complexity index is 733. The summed E-state index contributed by atoms with van der Waals surface area (Å²) >= 11 is 0. The first-order chi connectivity index (χ1) is 12.1. The van der Waals surface area contributed by atoms with Crippen LogP contribution < -0.4 is 15.8 Å². The Morgan fingerprint density at radius 3 is 2.72 bits per heavy atom. The highest BCUT2D eigenvalue weighted by Gasteiger charge is 2.32. The zero-order chi connectivity index (χ0) is 17.8. The number of nitrogens with zero attached hydrogens (tertiary/aromatic N) is 1. The van der Waals surface area contributed by atoms with Crippen molar-refractivity contribution >= 4 is 11.6 Å². The van der Waals surface area contributed by atoms with Crippen molar-refractivity contribution in [3.63, 3.8) is 0 Å². The highest BCUT2D eigenvalue weighted by molar-refractivity contribution is 5.93. The Hall–Kier alpha value is -2.37. The fourth-order valence-electron chi connectivity index (χ4n) is 3.41. The third kappa shape index (κ3) is 4.18. The van der Waals surface area contributed by atoms with E-state index >= 15 is 0 Å². The largest absolute Gasteiger partial charge is 0.495 e. The number of anilines is 1. The monoisotopic (exact) mass is 339 g/mol. The smallest absolute Gasteiger partial charge is 0.238 e. The number of likely N-dealkylation sites (tertiary alicyclic amines) is 1. The number of hydrogen-bond donors (Lipinski definition) is 2. The number of rotatable bonds is 5. The van der Waals surface area contributed by atoms with Crippen LogP contribution in [0.15, 0.2) is 48.5 Å². The second-order valence-electron chi connectivity index (χ2n) is 6.63. The van der Waals surface area contributed by atoms with Gasteiger partial charge in [-0.25, -0.2) is 0 Å². The average Bonchev–Trinajstić information content (AvgIpc) is 2.96. The zero-order valence-electron chi connectivity index (χ0n) is 14.7. The van der Waals surface area contributed by atoms with Gasteiger partial charge >= 0.3 is 0 Å². The first-order valence-corrected chi connectivity index (χ1v) is 8.54. The third-order valence-electron chi connectivity index (χ3n) is 4.66. The Kier molecular flexibility index (Phi) is 5.36. The summed E-state index contributed by atoms with van der Waals surface area (Å²) in [5.74, 6) is 0.881. The number of carbonyl (C=O) groups excluding carboxylic acids is 1. The summed E-state index contributed by atoms with van der Waals surface area (Å²) in [7, 11) is 1.60. The number of nitrogens with one attached hydrogen (secondary N) is 1. The maximum Gasteiger partial charge on any atom is 0.238 e. The fraction of sp³-hybridized carbons (Fsp3) is 0.350. The Labute approximate surface area is 148 Å². The molecule has 2 aromatic rings. The molecule has 0 saturated carbocycles. The normalized spacial score (nSPS) is 20.4. The van der Waals surface area contributed by atoms with Crippen molar-refractivity contribution in [1.82, 2.24) is 4.90 Å². The van der Waals surface area contributed by atoms with Crippen molar-refractivity contribution in [1.29, 1.82) is 0 Å². The number of aryl methyl sites for hydroxylation is 1. The summed E-state index contributed by atoms with van der Waals surface area (Å²) in [4.78, 5) is 14.6. The molecule has 0 aromatic heterocycles. The molecule has 25 heavy (non-hydrogen) atoms. The summed E-state index contributed by atoms with van der Waals surface area (Å²) in [6.07, 6.45) is 0. The van der Waals surface area contributed by atoms with Gasteiger partial charge in [0.05, 0.1) is 19.3 Å². The van der Waals surface area contributed by atoms with Gasteiger partial charge in [0.1, 0.15) is 5.75 Å². The summed E-state index contributed by atoms with van der Waals surface area (Å²) in [6.45, 7) is 3.83. The van der Waals surface area contributed by atoms with E-state index in [1.165, 1.54) is 5.56 Å². The maximum atomic E-state index is 12.4. The van der Waals surface area contributed by atoms with Gasteiger partial charge in [-0.1, -0.05) is 36.4 Å². The molecule has 0 unspecified atom stereocenters. The summed E-state index contributed by atoms with van der Waals surface area (Å²) in [5, 5.41) is 2.95. The molecule has 1 aliphatic heterocycles. The van der Waals surface area contributed by atoms with E-state index in [0.29, 0.717) is 18.0 Å². The van der Waals surface area contributed by atoms with Gasteiger partial charge in [0.2, 0.25) is 5.91 Å². The van der Waals surface area contributed by atoms with Gasteiger partial charge in [0.15, 0.2) is 0 Å². The van der Waals surface area contributed by atoms with E-state index in [1.54, 1.807) is 7.11 Å². The number of hydrogen-bond acceptors (Lipinski definition) is 4. The van der Waals surface area contributed by atoms with E-state index in [4.69, 9.17) is 10.5 Å². The minimum atomic E-state index is -0.0511. The molecule has 0 bridgehead atoms. The molecule has 132 valence electrons. The van der Waals surface area contributed by atoms with Crippen LogP contribution in [0.4, 0.5) is 5.69 Å². The van der Waals surface area contributed by atoms with Crippen molar-refractivity contribution in [2.24, 2.45) is 5.73 Å². The molecule has 1 amide bonds. The second-order valence-corrected chi connectivity index (χ2v) is 6.63. The standard InChI is InChI=1S/C20H25N3O2/c1-14-8-9-19(25-2)18(10-14)22-20(24)13-23-11-16(17(21)12-23)15-6-4-3-5-7-15/h3-10,16-17H,11-13,21H2,1-2H3,(H,22,24)/t16-,17+/m0/s1. The van der Waals surface area contributed by atoms with Crippen LogP contribution in [0.2, 0.25) is 0 Å². The number of nitrogens with two attached hydrogens (primary N) is 1. The van der Waals surface area contributed by atoms with Crippen LogP contribution in [0.3, 0.4) is 0 Å². The molecule has 0 aliphatic carbocycles. The van der Waals surface area contributed by atoms with Crippen LogP contribution in [-0.2, 0) is 4.79 Å². The molecule has 1 aliphatic rings. The van der Waals surface area contributed by atoms with E-state index in [2.05, 4.69) is 22.3 Å². The Morgan fingerprint density at radius 2 is 2.00 bits per heavy atom. The number of carbonyl (C=O) groups is 1. The number of amides is 1. The Morgan fingerprint density at radius 1 is 1.24 bits per heavy atom. The molecular weight excluding hydrogens is 314 g/mol. The predicted molar refractivity (Wildman–Crippen MR) is 100.0 cm³/mol. The van der Waals surface area contributed by atoms with E-state index in [-0.39, 0.29) is 17.9 Å². The maximum absolute atomic E-state index is 12.4. The highest BCUT2D eigenvalue weighted by atomic mass is 16.5. The van der Waals surface area contributed by atoms with E-state index in [9.17, 15) is 4.79 Å². The fourth-order valence-corrected chi connectivity index (χ4v) is 3.41. The number of benzene rings is 2. The lowest BCUT2D eigenvalue weighted by atomic mass is 9.95. The molecule has 2 atom stereocenters. The molecule has 2 aromatic carbocycles.